The maximum atomic E-state index is 12.4. The highest BCUT2D eigenvalue weighted by Gasteiger charge is 2.09. The molecular formula is C21H18ClN3O2. The van der Waals surface area contributed by atoms with Gasteiger partial charge in [0.05, 0.1) is 11.9 Å². The van der Waals surface area contributed by atoms with Gasteiger partial charge in [0.15, 0.2) is 5.78 Å². The van der Waals surface area contributed by atoms with E-state index < -0.39 is 0 Å². The molecule has 3 aromatic rings. The first-order chi connectivity index (χ1) is 12.9. The number of benzene rings is 2. The number of nitrogens with one attached hydrogen (secondary N) is 2. The van der Waals surface area contributed by atoms with Crippen molar-refractivity contribution in [2.24, 2.45) is 0 Å². The number of rotatable bonds is 5. The molecule has 0 aliphatic rings. The number of nitrogens with zero attached hydrogens (tertiary/aromatic N) is 1. The van der Waals surface area contributed by atoms with Crippen molar-refractivity contribution in [2.45, 2.75) is 13.8 Å². The van der Waals surface area contributed by atoms with Crippen LogP contribution >= 0.6 is 11.6 Å². The summed E-state index contributed by atoms with van der Waals surface area (Å²) >= 11 is 6.03. The summed E-state index contributed by atoms with van der Waals surface area (Å²) in [7, 11) is 0. The highest BCUT2D eigenvalue weighted by Crippen LogP contribution is 2.24. The van der Waals surface area contributed by atoms with E-state index in [2.05, 4.69) is 15.6 Å². The fourth-order valence-corrected chi connectivity index (χ4v) is 2.67. The van der Waals surface area contributed by atoms with E-state index in [-0.39, 0.29) is 17.4 Å². The largest absolute Gasteiger partial charge is 0.354 e. The van der Waals surface area contributed by atoms with Gasteiger partial charge in [-0.3, -0.25) is 9.59 Å². The number of Topliss-reactive ketones (excluding diaryl/α,β-unsaturated/α-hetero) is 1. The minimum Gasteiger partial charge on any atom is -0.354 e. The molecule has 0 spiro atoms. The number of hydrogen-bond acceptors (Lipinski definition) is 4. The lowest BCUT2D eigenvalue weighted by atomic mass is 10.1. The number of aryl methyl sites for hydroxylation is 1. The summed E-state index contributed by atoms with van der Waals surface area (Å²) in [5.41, 5.74) is 4.03. The lowest BCUT2D eigenvalue weighted by molar-refractivity contribution is 0.100. The number of carbonyl (C=O) groups excluding carboxylic acids is 2. The first-order valence-corrected chi connectivity index (χ1v) is 8.72. The molecule has 0 aliphatic carbocycles. The Balaban J connectivity index is 1.71. The highest BCUT2D eigenvalue weighted by molar-refractivity contribution is 6.30. The molecule has 0 aliphatic heterocycles. The van der Waals surface area contributed by atoms with Gasteiger partial charge in [0.1, 0.15) is 5.69 Å². The van der Waals surface area contributed by atoms with E-state index in [0.717, 1.165) is 16.9 Å². The number of aromatic nitrogens is 1. The molecule has 1 aromatic heterocycles. The normalized spacial score (nSPS) is 10.3. The zero-order valence-electron chi connectivity index (χ0n) is 14.9. The quantitative estimate of drug-likeness (QED) is 0.594. The Hall–Kier alpha value is -3.18. The molecule has 0 atom stereocenters. The molecular weight excluding hydrogens is 362 g/mol. The lowest BCUT2D eigenvalue weighted by Gasteiger charge is -2.10. The Bertz CT molecular complexity index is 1000. The van der Waals surface area contributed by atoms with Crippen LogP contribution in [-0.4, -0.2) is 16.7 Å². The van der Waals surface area contributed by atoms with Gasteiger partial charge in [-0.25, -0.2) is 4.98 Å². The fraction of sp³-hybridized carbons (Fsp3) is 0.0952. The fourth-order valence-electron chi connectivity index (χ4n) is 2.50. The summed E-state index contributed by atoms with van der Waals surface area (Å²) < 4.78 is 0. The van der Waals surface area contributed by atoms with Crippen LogP contribution in [0.1, 0.15) is 33.3 Å². The van der Waals surface area contributed by atoms with Gasteiger partial charge in [-0.05, 0) is 55.8 Å². The number of amides is 1. The van der Waals surface area contributed by atoms with Crippen LogP contribution in [-0.2, 0) is 0 Å². The molecule has 1 amide bonds. The minimum absolute atomic E-state index is 0.0593. The van der Waals surface area contributed by atoms with Crippen LogP contribution in [0.25, 0.3) is 0 Å². The molecule has 0 saturated carbocycles. The van der Waals surface area contributed by atoms with Crippen LogP contribution in [0, 0.1) is 6.92 Å². The van der Waals surface area contributed by atoms with Gasteiger partial charge in [-0.1, -0.05) is 29.8 Å². The molecule has 2 N–H and O–H groups in total. The van der Waals surface area contributed by atoms with Gasteiger partial charge in [-0.15, -0.1) is 0 Å². The average Bonchev–Trinajstić information content (AvgIpc) is 2.65. The lowest BCUT2D eigenvalue weighted by Crippen LogP contribution is -2.14. The highest BCUT2D eigenvalue weighted by atomic mass is 35.5. The Labute approximate surface area is 162 Å². The molecule has 5 nitrogen and oxygen atoms in total. The summed E-state index contributed by atoms with van der Waals surface area (Å²) in [6.45, 7) is 3.46. The van der Waals surface area contributed by atoms with Crippen molar-refractivity contribution < 1.29 is 9.59 Å². The van der Waals surface area contributed by atoms with E-state index in [1.165, 1.54) is 6.92 Å². The molecule has 3 rings (SSSR count). The van der Waals surface area contributed by atoms with Gasteiger partial charge in [-0.2, -0.15) is 0 Å². The number of anilines is 3. The second kappa shape index (κ2) is 8.01. The van der Waals surface area contributed by atoms with Crippen molar-refractivity contribution >= 4 is 40.4 Å². The van der Waals surface area contributed by atoms with Crippen molar-refractivity contribution in [3.63, 3.8) is 0 Å². The zero-order chi connectivity index (χ0) is 19.4. The summed E-state index contributed by atoms with van der Waals surface area (Å²) in [4.78, 5) is 28.0. The third kappa shape index (κ3) is 4.71. The predicted molar refractivity (Wildman–Crippen MR) is 108 cm³/mol. The van der Waals surface area contributed by atoms with Crippen LogP contribution < -0.4 is 10.6 Å². The van der Waals surface area contributed by atoms with Gasteiger partial charge in [0.25, 0.3) is 5.91 Å². The predicted octanol–water partition coefficient (Wildman–Crippen LogP) is 5.24. The maximum absolute atomic E-state index is 12.4. The second-order valence-corrected chi connectivity index (χ2v) is 6.54. The Morgan fingerprint density at radius 2 is 1.81 bits per heavy atom. The molecule has 136 valence electrons. The maximum Gasteiger partial charge on any atom is 0.274 e. The minimum atomic E-state index is -0.346. The van der Waals surface area contributed by atoms with Crippen molar-refractivity contribution in [1.82, 2.24) is 4.98 Å². The van der Waals surface area contributed by atoms with Crippen LogP contribution in [0.15, 0.2) is 60.8 Å². The van der Waals surface area contributed by atoms with E-state index in [0.29, 0.717) is 16.3 Å². The van der Waals surface area contributed by atoms with Gasteiger partial charge in [0.2, 0.25) is 0 Å². The van der Waals surface area contributed by atoms with Gasteiger partial charge < -0.3 is 10.6 Å². The van der Waals surface area contributed by atoms with E-state index >= 15 is 0 Å². The first-order valence-electron chi connectivity index (χ1n) is 8.34. The topological polar surface area (TPSA) is 71.1 Å². The second-order valence-electron chi connectivity index (χ2n) is 6.11. The summed E-state index contributed by atoms with van der Waals surface area (Å²) in [5, 5.41) is 6.62. The average molecular weight is 380 g/mol. The van der Waals surface area contributed by atoms with Crippen molar-refractivity contribution in [3.8, 4) is 0 Å². The van der Waals surface area contributed by atoms with E-state index in [9.17, 15) is 9.59 Å². The summed E-state index contributed by atoms with van der Waals surface area (Å²) in [6, 6.07) is 15.8. The third-order valence-corrected chi connectivity index (χ3v) is 4.24. The Morgan fingerprint density at radius 3 is 2.52 bits per heavy atom. The number of hydrogen-bond donors (Lipinski definition) is 2. The number of halogens is 1. The Kier molecular flexibility index (Phi) is 5.52. The zero-order valence-corrected chi connectivity index (χ0v) is 15.7. The molecule has 1 heterocycles. The molecule has 0 radical (unpaired) electrons. The van der Waals surface area contributed by atoms with Crippen LogP contribution in [0.4, 0.5) is 17.1 Å². The number of carbonyl (C=O) groups is 2. The molecule has 0 unspecified atom stereocenters. The SMILES string of the molecule is CC(=O)c1cccc(NC(=O)c2ccc(Nc3cc(Cl)ccc3C)cn2)c1. The molecule has 0 bridgehead atoms. The van der Waals surface area contributed by atoms with Crippen molar-refractivity contribution in [3.05, 3.63) is 82.6 Å². The van der Waals surface area contributed by atoms with Crippen LogP contribution in [0.5, 0.6) is 0 Å². The van der Waals surface area contributed by atoms with E-state index in [1.54, 1.807) is 42.6 Å². The molecule has 0 fully saturated rings. The molecule has 2 aromatic carbocycles. The Morgan fingerprint density at radius 1 is 1.00 bits per heavy atom. The summed E-state index contributed by atoms with van der Waals surface area (Å²) in [5.74, 6) is -0.405. The third-order valence-electron chi connectivity index (χ3n) is 4.00. The molecule has 0 saturated heterocycles. The molecule has 6 heteroatoms. The van der Waals surface area contributed by atoms with Gasteiger partial charge >= 0.3 is 0 Å². The van der Waals surface area contributed by atoms with E-state index in [1.807, 2.05) is 25.1 Å². The monoisotopic (exact) mass is 379 g/mol. The van der Waals surface area contributed by atoms with Crippen LogP contribution in [0.3, 0.4) is 0 Å². The van der Waals surface area contributed by atoms with Crippen molar-refractivity contribution in [2.75, 3.05) is 10.6 Å². The number of ketones is 1. The van der Waals surface area contributed by atoms with Crippen LogP contribution in [0.2, 0.25) is 5.02 Å². The summed E-state index contributed by atoms with van der Waals surface area (Å²) in [6.07, 6.45) is 1.58. The van der Waals surface area contributed by atoms with E-state index in [4.69, 9.17) is 11.6 Å². The molecule has 27 heavy (non-hydrogen) atoms. The van der Waals surface area contributed by atoms with Gasteiger partial charge in [0, 0.05) is 22.0 Å². The standard InChI is InChI=1S/C21H18ClN3O2/c1-13-6-7-16(22)11-20(13)24-18-8-9-19(23-12-18)21(27)25-17-5-3-4-15(10-17)14(2)26/h3-12,24H,1-2H3,(H,25,27). The first kappa shape index (κ1) is 18.6. The van der Waals surface area contributed by atoms with Crippen molar-refractivity contribution in [1.29, 1.82) is 0 Å². The number of pyridine rings is 1. The smallest absolute Gasteiger partial charge is 0.274 e.